The molecule has 24 heavy (non-hydrogen) atoms. The van der Waals surface area contributed by atoms with Crippen LogP contribution in [0.4, 0.5) is 0 Å². The van der Waals surface area contributed by atoms with Crippen molar-refractivity contribution in [2.24, 2.45) is 0 Å². The molecule has 0 radical (unpaired) electrons. The van der Waals surface area contributed by atoms with E-state index in [0.717, 1.165) is 0 Å². The normalized spacial score (nSPS) is 11.6. The van der Waals surface area contributed by atoms with Gasteiger partial charge in [0.15, 0.2) is 5.60 Å². The van der Waals surface area contributed by atoms with Crippen LogP contribution >= 0.6 is 0 Å². The molecule has 0 aliphatic carbocycles. The Morgan fingerprint density at radius 2 is 1.62 bits per heavy atom. The van der Waals surface area contributed by atoms with Gasteiger partial charge in [-0.2, -0.15) is 0 Å². The van der Waals surface area contributed by atoms with Gasteiger partial charge in [-0.3, -0.25) is 4.79 Å². The second kappa shape index (κ2) is 6.92. The highest BCUT2D eigenvalue weighted by Gasteiger charge is 2.33. The van der Waals surface area contributed by atoms with Crippen molar-refractivity contribution in [3.05, 3.63) is 54.6 Å². The number of carbonyl (C=O) groups excluding carboxylic acids is 1. The highest BCUT2D eigenvalue weighted by Crippen LogP contribution is 2.20. The Kier molecular flexibility index (Phi) is 5.14. The van der Waals surface area contributed by atoms with Crippen molar-refractivity contribution >= 4 is 15.9 Å². The van der Waals surface area contributed by atoms with E-state index >= 15 is 0 Å². The number of sulfonamides is 1. The largest absolute Gasteiger partial charge is 0.497 e. The van der Waals surface area contributed by atoms with Crippen LogP contribution in [0.25, 0.3) is 0 Å². The zero-order valence-corrected chi connectivity index (χ0v) is 14.5. The maximum absolute atomic E-state index is 12.4. The van der Waals surface area contributed by atoms with Crippen molar-refractivity contribution < 1.29 is 22.7 Å². The van der Waals surface area contributed by atoms with E-state index in [0.29, 0.717) is 11.5 Å². The highest BCUT2D eigenvalue weighted by atomic mass is 32.2. The average molecular weight is 349 g/mol. The van der Waals surface area contributed by atoms with Crippen molar-refractivity contribution in [2.45, 2.75) is 24.3 Å². The van der Waals surface area contributed by atoms with Crippen LogP contribution in [0.3, 0.4) is 0 Å². The maximum atomic E-state index is 12.4. The van der Waals surface area contributed by atoms with E-state index in [4.69, 9.17) is 9.47 Å². The van der Waals surface area contributed by atoms with Crippen molar-refractivity contribution in [2.75, 3.05) is 7.11 Å². The highest BCUT2D eigenvalue weighted by molar-refractivity contribution is 7.90. The van der Waals surface area contributed by atoms with Crippen molar-refractivity contribution in [1.82, 2.24) is 4.72 Å². The summed E-state index contributed by atoms with van der Waals surface area (Å²) in [4.78, 5) is 12.3. The monoisotopic (exact) mass is 349 g/mol. The van der Waals surface area contributed by atoms with Crippen LogP contribution in [0.15, 0.2) is 59.5 Å². The first-order chi connectivity index (χ1) is 11.2. The summed E-state index contributed by atoms with van der Waals surface area (Å²) in [5.74, 6) is 0.0794. The van der Waals surface area contributed by atoms with E-state index in [-0.39, 0.29) is 4.90 Å². The van der Waals surface area contributed by atoms with Gasteiger partial charge in [-0.25, -0.2) is 13.1 Å². The SMILES string of the molecule is COc1cccc(S(=O)(=O)NC(=O)C(C)(C)Oc2ccccc2)c1. The summed E-state index contributed by atoms with van der Waals surface area (Å²) < 4.78 is 37.4. The summed E-state index contributed by atoms with van der Waals surface area (Å²) in [6.45, 7) is 2.99. The quantitative estimate of drug-likeness (QED) is 0.866. The maximum Gasteiger partial charge on any atom is 0.277 e. The average Bonchev–Trinajstić information content (AvgIpc) is 2.55. The van der Waals surface area contributed by atoms with Crippen LogP contribution in [-0.2, 0) is 14.8 Å². The Bertz CT molecular complexity index is 816. The molecule has 0 saturated heterocycles. The number of methoxy groups -OCH3 is 1. The minimum Gasteiger partial charge on any atom is -0.497 e. The van der Waals surface area contributed by atoms with Crippen LogP contribution in [0.2, 0.25) is 0 Å². The summed E-state index contributed by atoms with van der Waals surface area (Å²) in [5.41, 5.74) is -1.37. The second-order valence-electron chi connectivity index (χ2n) is 5.54. The zero-order valence-electron chi connectivity index (χ0n) is 13.6. The second-order valence-corrected chi connectivity index (χ2v) is 7.22. The van der Waals surface area contributed by atoms with Crippen LogP contribution < -0.4 is 14.2 Å². The summed E-state index contributed by atoms with van der Waals surface area (Å²) in [7, 11) is -2.60. The van der Waals surface area contributed by atoms with Gasteiger partial charge in [0.1, 0.15) is 11.5 Å². The number of rotatable bonds is 6. The van der Waals surface area contributed by atoms with Gasteiger partial charge in [0, 0.05) is 6.07 Å². The molecule has 1 N–H and O–H groups in total. The molecular weight excluding hydrogens is 330 g/mol. The number of para-hydroxylation sites is 1. The first-order valence-corrected chi connectivity index (χ1v) is 8.68. The zero-order chi connectivity index (χ0) is 17.8. The molecule has 0 unspecified atom stereocenters. The molecule has 6 nitrogen and oxygen atoms in total. The molecule has 2 aromatic carbocycles. The molecule has 128 valence electrons. The van der Waals surface area contributed by atoms with Gasteiger partial charge in [-0.1, -0.05) is 24.3 Å². The van der Waals surface area contributed by atoms with E-state index in [9.17, 15) is 13.2 Å². The van der Waals surface area contributed by atoms with E-state index in [1.165, 1.54) is 39.2 Å². The van der Waals surface area contributed by atoms with Crippen LogP contribution in [0, 0.1) is 0 Å². The molecule has 0 spiro atoms. The molecule has 0 heterocycles. The predicted molar refractivity (Wildman–Crippen MR) is 89.5 cm³/mol. The minimum atomic E-state index is -4.03. The molecule has 0 saturated carbocycles. The minimum absolute atomic E-state index is 0.0642. The van der Waals surface area contributed by atoms with Crippen molar-refractivity contribution in [3.63, 3.8) is 0 Å². The number of hydrogen-bond donors (Lipinski definition) is 1. The molecule has 0 atom stereocenters. The number of carbonyl (C=O) groups is 1. The number of nitrogens with one attached hydrogen (secondary N) is 1. The lowest BCUT2D eigenvalue weighted by Crippen LogP contribution is -2.48. The summed E-state index contributed by atoms with van der Waals surface area (Å²) >= 11 is 0. The molecule has 1 amide bonds. The fourth-order valence-electron chi connectivity index (χ4n) is 1.90. The number of amides is 1. The van der Waals surface area contributed by atoms with Gasteiger partial charge in [0.25, 0.3) is 15.9 Å². The molecule has 7 heteroatoms. The van der Waals surface area contributed by atoms with Gasteiger partial charge in [0.05, 0.1) is 12.0 Å². The van der Waals surface area contributed by atoms with E-state index in [2.05, 4.69) is 0 Å². The van der Waals surface area contributed by atoms with Crippen molar-refractivity contribution in [1.29, 1.82) is 0 Å². The molecule has 0 aromatic heterocycles. The van der Waals surface area contributed by atoms with E-state index < -0.39 is 21.5 Å². The molecule has 0 fully saturated rings. The molecule has 0 aliphatic rings. The third kappa shape index (κ3) is 4.26. The first-order valence-electron chi connectivity index (χ1n) is 7.20. The molecule has 2 rings (SSSR count). The third-order valence-electron chi connectivity index (χ3n) is 3.24. The number of benzene rings is 2. The van der Waals surface area contributed by atoms with Crippen LogP contribution in [-0.4, -0.2) is 27.0 Å². The first kappa shape index (κ1) is 17.8. The third-order valence-corrected chi connectivity index (χ3v) is 4.57. The van der Waals surface area contributed by atoms with Gasteiger partial charge in [0.2, 0.25) is 0 Å². The summed E-state index contributed by atoms with van der Waals surface area (Å²) in [6, 6.07) is 14.6. The molecule has 0 bridgehead atoms. The van der Waals surface area contributed by atoms with E-state index in [1.54, 1.807) is 30.3 Å². The Labute approximate surface area is 141 Å². The van der Waals surface area contributed by atoms with Gasteiger partial charge in [-0.05, 0) is 38.1 Å². The summed E-state index contributed by atoms with van der Waals surface area (Å²) in [6.07, 6.45) is 0. The van der Waals surface area contributed by atoms with Crippen molar-refractivity contribution in [3.8, 4) is 11.5 Å². The van der Waals surface area contributed by atoms with Crippen LogP contribution in [0.1, 0.15) is 13.8 Å². The lowest BCUT2D eigenvalue weighted by atomic mass is 10.1. The predicted octanol–water partition coefficient (Wildman–Crippen LogP) is 2.36. The summed E-state index contributed by atoms with van der Waals surface area (Å²) in [5, 5.41) is 0. The van der Waals surface area contributed by atoms with Gasteiger partial charge < -0.3 is 9.47 Å². The number of hydrogen-bond acceptors (Lipinski definition) is 5. The van der Waals surface area contributed by atoms with Gasteiger partial charge in [-0.15, -0.1) is 0 Å². The smallest absolute Gasteiger partial charge is 0.277 e. The molecule has 2 aromatic rings. The fraction of sp³-hybridized carbons (Fsp3) is 0.235. The van der Waals surface area contributed by atoms with Crippen LogP contribution in [0.5, 0.6) is 11.5 Å². The fourth-order valence-corrected chi connectivity index (χ4v) is 3.04. The number of ether oxygens (including phenoxy) is 2. The lowest BCUT2D eigenvalue weighted by molar-refractivity contribution is -0.132. The van der Waals surface area contributed by atoms with Gasteiger partial charge >= 0.3 is 0 Å². The Morgan fingerprint density at radius 1 is 1.00 bits per heavy atom. The van der Waals surface area contributed by atoms with E-state index in [1.807, 2.05) is 10.8 Å². The topological polar surface area (TPSA) is 81.7 Å². The Balaban J connectivity index is 2.17. The standard InChI is InChI=1S/C17H19NO5S/c1-17(2,23-13-8-5-4-6-9-13)16(19)18-24(20,21)15-11-7-10-14(12-15)22-3/h4-12H,1-3H3,(H,18,19). The molecular formula is C17H19NO5S. The Morgan fingerprint density at radius 3 is 2.25 bits per heavy atom. The Hall–Kier alpha value is -2.54. The molecule has 0 aliphatic heterocycles. The lowest BCUT2D eigenvalue weighted by Gasteiger charge is -2.25.